The molecule has 0 spiro atoms. The van der Waals surface area contributed by atoms with Gasteiger partial charge in [0.25, 0.3) is 5.91 Å². The lowest BCUT2D eigenvalue weighted by Gasteiger charge is -2.18. The Morgan fingerprint density at radius 1 is 1.53 bits per heavy atom. The Labute approximate surface area is 117 Å². The van der Waals surface area contributed by atoms with Gasteiger partial charge < -0.3 is 15.4 Å². The van der Waals surface area contributed by atoms with Crippen LogP contribution in [0.4, 0.5) is 5.69 Å². The van der Waals surface area contributed by atoms with Crippen molar-refractivity contribution in [3.05, 3.63) is 23.8 Å². The maximum Gasteiger partial charge on any atom is 0.262 e. The van der Waals surface area contributed by atoms with Crippen LogP contribution in [0.5, 0.6) is 5.75 Å². The second-order valence-corrected chi connectivity index (χ2v) is 5.21. The lowest BCUT2D eigenvalue weighted by molar-refractivity contribution is -0.118. The van der Waals surface area contributed by atoms with Gasteiger partial charge in [0.15, 0.2) is 6.61 Å². The van der Waals surface area contributed by atoms with Crippen molar-refractivity contribution in [2.24, 2.45) is 0 Å². The fourth-order valence-electron chi connectivity index (χ4n) is 1.75. The predicted molar refractivity (Wildman–Crippen MR) is 78.4 cm³/mol. The van der Waals surface area contributed by atoms with Gasteiger partial charge in [0.1, 0.15) is 5.75 Å². The number of carbonyl (C=O) groups is 1. The fraction of sp³-hybridized carbons (Fsp3) is 0.357. The van der Waals surface area contributed by atoms with Crippen molar-refractivity contribution in [1.82, 2.24) is 5.32 Å². The van der Waals surface area contributed by atoms with E-state index in [1.54, 1.807) is 11.8 Å². The molecule has 1 amide bonds. The minimum atomic E-state index is -0.108. The number of carbonyl (C=O) groups excluding carboxylic acids is 1. The van der Waals surface area contributed by atoms with Crippen LogP contribution >= 0.6 is 11.8 Å². The molecule has 5 heteroatoms. The Kier molecular flexibility index (Phi) is 5.13. The number of hydrogen-bond acceptors (Lipinski definition) is 4. The molecule has 0 bridgehead atoms. The highest BCUT2D eigenvalue weighted by molar-refractivity contribution is 7.99. The normalized spacial score (nSPS) is 13.1. The first-order chi connectivity index (χ1) is 9.29. The third kappa shape index (κ3) is 4.19. The van der Waals surface area contributed by atoms with Gasteiger partial charge in [-0.1, -0.05) is 12.0 Å². The van der Waals surface area contributed by atoms with Gasteiger partial charge in [-0.2, -0.15) is 0 Å². The molecule has 2 rings (SSSR count). The molecule has 19 heavy (non-hydrogen) atoms. The molecule has 4 nitrogen and oxygen atoms in total. The first kappa shape index (κ1) is 13.8. The number of fused-ring (bicyclic) bond motifs is 1. The van der Waals surface area contributed by atoms with Gasteiger partial charge in [-0.25, -0.2) is 0 Å². The third-order valence-electron chi connectivity index (χ3n) is 2.61. The third-order valence-corrected chi connectivity index (χ3v) is 3.48. The van der Waals surface area contributed by atoms with E-state index < -0.39 is 0 Å². The lowest BCUT2D eigenvalue weighted by atomic mass is 10.1. The molecular formula is C14H16N2O2S. The number of ether oxygens (including phenoxy) is 1. The van der Waals surface area contributed by atoms with Crippen LogP contribution in [0.1, 0.15) is 5.56 Å². The molecule has 2 N–H and O–H groups in total. The van der Waals surface area contributed by atoms with Gasteiger partial charge in [0.2, 0.25) is 0 Å². The van der Waals surface area contributed by atoms with E-state index in [-0.39, 0.29) is 12.5 Å². The summed E-state index contributed by atoms with van der Waals surface area (Å²) in [5, 5.41) is 6.14. The monoisotopic (exact) mass is 276 g/mol. The van der Waals surface area contributed by atoms with Gasteiger partial charge in [0.05, 0.1) is 11.4 Å². The largest absolute Gasteiger partial charge is 0.482 e. The van der Waals surface area contributed by atoms with E-state index in [9.17, 15) is 4.79 Å². The number of anilines is 1. The molecule has 1 aliphatic heterocycles. The Hall–Kier alpha value is -1.64. The van der Waals surface area contributed by atoms with Crippen LogP contribution in [0, 0.1) is 12.3 Å². The Balaban J connectivity index is 1.80. The molecule has 1 heterocycles. The van der Waals surface area contributed by atoms with E-state index >= 15 is 0 Å². The Morgan fingerprint density at radius 2 is 2.42 bits per heavy atom. The van der Waals surface area contributed by atoms with Crippen molar-refractivity contribution in [2.45, 2.75) is 6.54 Å². The summed E-state index contributed by atoms with van der Waals surface area (Å²) in [4.78, 5) is 11.2. The second kappa shape index (κ2) is 7.07. The maximum absolute atomic E-state index is 11.2. The van der Waals surface area contributed by atoms with Gasteiger partial charge in [-0.15, -0.1) is 18.2 Å². The highest BCUT2D eigenvalue weighted by Crippen LogP contribution is 2.28. The minimum absolute atomic E-state index is 0.0942. The molecule has 0 saturated heterocycles. The lowest BCUT2D eigenvalue weighted by Crippen LogP contribution is -2.25. The summed E-state index contributed by atoms with van der Waals surface area (Å²) in [5.74, 6) is 4.97. The van der Waals surface area contributed by atoms with Crippen LogP contribution in [0.25, 0.3) is 0 Å². The van der Waals surface area contributed by atoms with Crippen molar-refractivity contribution < 1.29 is 9.53 Å². The molecular weight excluding hydrogens is 260 g/mol. The maximum atomic E-state index is 11.2. The zero-order chi connectivity index (χ0) is 13.5. The van der Waals surface area contributed by atoms with E-state index in [4.69, 9.17) is 11.2 Å². The van der Waals surface area contributed by atoms with Crippen LogP contribution in [0.15, 0.2) is 18.2 Å². The highest BCUT2D eigenvalue weighted by Gasteiger charge is 2.15. The van der Waals surface area contributed by atoms with E-state index in [0.29, 0.717) is 0 Å². The number of amides is 1. The zero-order valence-electron chi connectivity index (χ0n) is 10.6. The minimum Gasteiger partial charge on any atom is -0.482 e. The average Bonchev–Trinajstić information content (AvgIpc) is 2.42. The topological polar surface area (TPSA) is 50.4 Å². The summed E-state index contributed by atoms with van der Waals surface area (Å²) in [6.07, 6.45) is 5.17. The summed E-state index contributed by atoms with van der Waals surface area (Å²) in [5.41, 5.74) is 1.86. The summed E-state index contributed by atoms with van der Waals surface area (Å²) in [7, 11) is 0. The molecule has 0 aromatic heterocycles. The summed E-state index contributed by atoms with van der Waals surface area (Å²) < 4.78 is 5.31. The van der Waals surface area contributed by atoms with E-state index in [0.717, 1.165) is 41.6 Å². The molecule has 0 unspecified atom stereocenters. The molecule has 0 atom stereocenters. The van der Waals surface area contributed by atoms with Crippen molar-refractivity contribution >= 4 is 23.4 Å². The van der Waals surface area contributed by atoms with Crippen molar-refractivity contribution in [3.63, 3.8) is 0 Å². The molecule has 0 radical (unpaired) electrons. The molecule has 1 aliphatic rings. The van der Waals surface area contributed by atoms with Crippen LogP contribution in [-0.4, -0.2) is 30.6 Å². The molecule has 0 fully saturated rings. The van der Waals surface area contributed by atoms with Crippen LogP contribution in [0.2, 0.25) is 0 Å². The number of hydrogen-bond donors (Lipinski definition) is 2. The molecule has 0 saturated carbocycles. The SMILES string of the molecule is C#CCSCCNCc1ccc2c(c1)NC(=O)CO2. The van der Waals surface area contributed by atoms with Crippen molar-refractivity contribution in [3.8, 4) is 18.1 Å². The fourth-order valence-corrected chi connectivity index (χ4v) is 2.30. The van der Waals surface area contributed by atoms with Crippen molar-refractivity contribution in [1.29, 1.82) is 0 Å². The number of nitrogens with one attached hydrogen (secondary N) is 2. The molecule has 1 aromatic carbocycles. The number of thioether (sulfide) groups is 1. The summed E-state index contributed by atoms with van der Waals surface area (Å²) >= 11 is 1.74. The first-order valence-electron chi connectivity index (χ1n) is 6.07. The first-order valence-corrected chi connectivity index (χ1v) is 7.22. The van der Waals surface area contributed by atoms with E-state index in [1.165, 1.54) is 0 Å². The van der Waals surface area contributed by atoms with Gasteiger partial charge in [-0.3, -0.25) is 4.79 Å². The molecule has 1 aromatic rings. The standard InChI is InChI=1S/C14H16N2O2S/c1-2-6-19-7-5-15-9-11-3-4-13-12(8-11)16-14(17)10-18-13/h1,3-4,8,15H,5-7,9-10H2,(H,16,17). The molecule has 0 aliphatic carbocycles. The van der Waals surface area contributed by atoms with Crippen LogP contribution in [0.3, 0.4) is 0 Å². The van der Waals surface area contributed by atoms with Gasteiger partial charge in [-0.05, 0) is 17.7 Å². The van der Waals surface area contributed by atoms with Gasteiger partial charge in [0, 0.05) is 18.8 Å². The zero-order valence-corrected chi connectivity index (χ0v) is 11.4. The quantitative estimate of drug-likeness (QED) is 0.610. The van der Waals surface area contributed by atoms with E-state index in [1.807, 2.05) is 18.2 Å². The van der Waals surface area contributed by atoms with Crippen LogP contribution < -0.4 is 15.4 Å². The van der Waals surface area contributed by atoms with Crippen molar-refractivity contribution in [2.75, 3.05) is 30.0 Å². The van der Waals surface area contributed by atoms with Crippen LogP contribution in [-0.2, 0) is 11.3 Å². The van der Waals surface area contributed by atoms with E-state index in [2.05, 4.69) is 16.6 Å². The second-order valence-electron chi connectivity index (χ2n) is 4.10. The Bertz CT molecular complexity index is 497. The summed E-state index contributed by atoms with van der Waals surface area (Å²) in [6, 6.07) is 5.82. The average molecular weight is 276 g/mol. The summed E-state index contributed by atoms with van der Waals surface area (Å²) in [6.45, 7) is 1.77. The number of terminal acetylenes is 1. The predicted octanol–water partition coefficient (Wildman–Crippen LogP) is 1.47. The Morgan fingerprint density at radius 3 is 3.26 bits per heavy atom. The number of rotatable bonds is 6. The van der Waals surface area contributed by atoms with Gasteiger partial charge >= 0.3 is 0 Å². The number of benzene rings is 1. The smallest absolute Gasteiger partial charge is 0.262 e. The highest BCUT2D eigenvalue weighted by atomic mass is 32.2. The molecule has 100 valence electrons.